The first-order chi connectivity index (χ1) is 17.4. The number of benzene rings is 4. The van der Waals surface area contributed by atoms with Crippen molar-refractivity contribution >= 4 is 52.1 Å². The van der Waals surface area contributed by atoms with Gasteiger partial charge in [0.2, 0.25) is 5.91 Å². The summed E-state index contributed by atoms with van der Waals surface area (Å²) in [4.78, 5) is 14.5. The van der Waals surface area contributed by atoms with Crippen LogP contribution in [0.2, 0.25) is 0 Å². The molecule has 0 fully saturated rings. The molecule has 1 unspecified atom stereocenters. The molecule has 4 rings (SSSR count). The number of carbonyl (C=O) groups excluding carboxylic acids is 1. The maximum Gasteiger partial charge on any atom is 0.242 e. The third-order valence-electron chi connectivity index (χ3n) is 5.86. The van der Waals surface area contributed by atoms with E-state index < -0.39 is 5.25 Å². The first-order valence-corrected chi connectivity index (χ1v) is 13.0. The highest BCUT2D eigenvalue weighted by Crippen LogP contribution is 2.37. The fourth-order valence-electron chi connectivity index (χ4n) is 3.70. The number of aryl methyl sites for hydroxylation is 2. The molecule has 0 spiro atoms. The van der Waals surface area contributed by atoms with E-state index >= 15 is 0 Å². The molecule has 0 aromatic heterocycles. The van der Waals surface area contributed by atoms with Crippen molar-refractivity contribution in [2.75, 3.05) is 16.0 Å². The third-order valence-corrected chi connectivity index (χ3v) is 7.31. The van der Waals surface area contributed by atoms with Crippen LogP contribution in [0.5, 0.6) is 0 Å². The number of thiocarbonyl (C=S) groups is 1. The van der Waals surface area contributed by atoms with Crippen LogP contribution < -0.4 is 16.0 Å². The Labute approximate surface area is 222 Å². The molecule has 4 aromatic carbocycles. The minimum atomic E-state index is -0.418. The molecule has 0 saturated carbocycles. The second-order valence-corrected chi connectivity index (χ2v) is 10.2. The van der Waals surface area contributed by atoms with Crippen LogP contribution in [-0.4, -0.2) is 11.0 Å². The Bertz CT molecular complexity index is 1350. The Morgan fingerprint density at radius 2 is 1.44 bits per heavy atom. The lowest BCUT2D eigenvalue weighted by Gasteiger charge is -2.19. The molecule has 0 radical (unpaired) electrons. The monoisotopic (exact) mass is 511 g/mol. The zero-order valence-electron chi connectivity index (χ0n) is 20.5. The molecule has 1 amide bonds. The average Bonchev–Trinajstić information content (AvgIpc) is 2.87. The van der Waals surface area contributed by atoms with Crippen LogP contribution in [0.4, 0.5) is 17.1 Å². The number of amides is 1. The summed E-state index contributed by atoms with van der Waals surface area (Å²) < 4.78 is 0. The van der Waals surface area contributed by atoms with Gasteiger partial charge >= 0.3 is 0 Å². The summed E-state index contributed by atoms with van der Waals surface area (Å²) in [5.41, 5.74) is 6.97. The van der Waals surface area contributed by atoms with Crippen molar-refractivity contribution in [2.45, 2.75) is 30.9 Å². The van der Waals surface area contributed by atoms with Crippen molar-refractivity contribution < 1.29 is 4.79 Å². The van der Waals surface area contributed by atoms with Gasteiger partial charge in [-0.2, -0.15) is 0 Å². The Kier molecular flexibility index (Phi) is 8.41. The Hall–Kier alpha value is -3.61. The van der Waals surface area contributed by atoms with Crippen molar-refractivity contribution in [3.8, 4) is 0 Å². The van der Waals surface area contributed by atoms with Crippen molar-refractivity contribution in [2.24, 2.45) is 0 Å². The van der Waals surface area contributed by atoms with E-state index in [9.17, 15) is 4.79 Å². The Morgan fingerprint density at radius 1 is 0.750 bits per heavy atom. The number of rotatable bonds is 7. The molecule has 4 aromatic rings. The maximum atomic E-state index is 13.5. The van der Waals surface area contributed by atoms with Gasteiger partial charge in [-0.25, -0.2) is 0 Å². The van der Waals surface area contributed by atoms with E-state index in [0.29, 0.717) is 5.11 Å². The lowest BCUT2D eigenvalue weighted by atomic mass is 10.1. The molecule has 1 atom stereocenters. The van der Waals surface area contributed by atoms with Crippen LogP contribution in [0, 0.1) is 20.8 Å². The summed E-state index contributed by atoms with van der Waals surface area (Å²) in [6.45, 7) is 6.12. The predicted octanol–water partition coefficient (Wildman–Crippen LogP) is 7.89. The van der Waals surface area contributed by atoms with E-state index in [1.54, 1.807) is 0 Å². The number of hydrogen-bond acceptors (Lipinski definition) is 3. The molecule has 36 heavy (non-hydrogen) atoms. The smallest absolute Gasteiger partial charge is 0.242 e. The molecule has 0 bridgehead atoms. The van der Waals surface area contributed by atoms with Gasteiger partial charge in [0, 0.05) is 22.0 Å². The summed E-state index contributed by atoms with van der Waals surface area (Å²) in [5.74, 6) is -0.0604. The van der Waals surface area contributed by atoms with E-state index in [-0.39, 0.29) is 5.91 Å². The quantitative estimate of drug-likeness (QED) is 0.174. The molecule has 0 heterocycles. The van der Waals surface area contributed by atoms with Crippen LogP contribution in [-0.2, 0) is 4.79 Å². The third kappa shape index (κ3) is 6.74. The summed E-state index contributed by atoms with van der Waals surface area (Å²) in [6.07, 6.45) is 0. The SMILES string of the molecule is Cc1ccc(NC(=S)Nc2cccc(SC(C(=O)Nc3cccc(C)c3C)c3ccccc3)c2)cc1. The van der Waals surface area contributed by atoms with E-state index in [1.165, 1.54) is 17.3 Å². The van der Waals surface area contributed by atoms with Gasteiger partial charge in [-0.3, -0.25) is 4.79 Å². The number of hydrogen-bond donors (Lipinski definition) is 3. The molecule has 3 N–H and O–H groups in total. The highest BCUT2D eigenvalue weighted by Gasteiger charge is 2.23. The predicted molar refractivity (Wildman–Crippen MR) is 157 cm³/mol. The van der Waals surface area contributed by atoms with Crippen LogP contribution in [0.25, 0.3) is 0 Å². The largest absolute Gasteiger partial charge is 0.332 e. The molecule has 0 saturated heterocycles. The standard InChI is InChI=1S/C30H29N3OS2/c1-20-15-17-24(18-16-20)31-30(35)32-25-12-8-13-26(19-25)36-28(23-10-5-4-6-11-23)29(34)33-27-14-7-9-21(2)22(27)3/h4-19,28H,1-3H3,(H,33,34)(H2,31,32,35). The van der Waals surface area contributed by atoms with Crippen molar-refractivity contribution in [3.63, 3.8) is 0 Å². The van der Waals surface area contributed by atoms with Crippen LogP contribution >= 0.6 is 24.0 Å². The summed E-state index contributed by atoms with van der Waals surface area (Å²) in [5, 5.41) is 9.69. The Balaban J connectivity index is 1.50. The minimum Gasteiger partial charge on any atom is -0.332 e. The Morgan fingerprint density at radius 3 is 2.19 bits per heavy atom. The number of carbonyl (C=O) groups is 1. The van der Waals surface area contributed by atoms with Gasteiger partial charge in [-0.1, -0.05) is 66.2 Å². The van der Waals surface area contributed by atoms with Gasteiger partial charge in [0.25, 0.3) is 0 Å². The normalized spacial score (nSPS) is 11.4. The molecule has 6 heteroatoms. The highest BCUT2D eigenvalue weighted by atomic mass is 32.2. The second-order valence-electron chi connectivity index (χ2n) is 8.62. The van der Waals surface area contributed by atoms with Gasteiger partial charge in [-0.05, 0) is 86.1 Å². The molecule has 0 aliphatic carbocycles. The van der Waals surface area contributed by atoms with Crippen molar-refractivity contribution in [1.29, 1.82) is 0 Å². The number of anilines is 3. The van der Waals surface area contributed by atoms with Gasteiger partial charge in [0.1, 0.15) is 5.25 Å². The van der Waals surface area contributed by atoms with Crippen LogP contribution in [0.15, 0.2) is 102 Å². The first kappa shape index (κ1) is 25.5. The van der Waals surface area contributed by atoms with Crippen molar-refractivity contribution in [3.05, 3.63) is 119 Å². The summed E-state index contributed by atoms with van der Waals surface area (Å²) in [6, 6.07) is 31.8. The molecule has 182 valence electrons. The first-order valence-electron chi connectivity index (χ1n) is 11.7. The lowest BCUT2D eigenvalue weighted by molar-refractivity contribution is -0.115. The van der Waals surface area contributed by atoms with Gasteiger partial charge in [0.05, 0.1) is 0 Å². The fraction of sp³-hybridized carbons (Fsp3) is 0.133. The van der Waals surface area contributed by atoms with E-state index in [1.807, 2.05) is 111 Å². The van der Waals surface area contributed by atoms with E-state index in [2.05, 4.69) is 22.9 Å². The number of nitrogens with one attached hydrogen (secondary N) is 3. The minimum absolute atomic E-state index is 0.0604. The van der Waals surface area contributed by atoms with E-state index in [4.69, 9.17) is 12.2 Å². The van der Waals surface area contributed by atoms with Crippen molar-refractivity contribution in [1.82, 2.24) is 0 Å². The van der Waals surface area contributed by atoms with Gasteiger partial charge < -0.3 is 16.0 Å². The summed E-state index contributed by atoms with van der Waals surface area (Å²) >= 11 is 7.01. The topological polar surface area (TPSA) is 53.2 Å². The average molecular weight is 512 g/mol. The highest BCUT2D eigenvalue weighted by molar-refractivity contribution is 8.00. The number of thioether (sulfide) groups is 1. The van der Waals surface area contributed by atoms with Gasteiger partial charge in [-0.15, -0.1) is 11.8 Å². The molecule has 0 aliphatic heterocycles. The zero-order chi connectivity index (χ0) is 25.5. The molecule has 0 aliphatic rings. The molecule has 4 nitrogen and oxygen atoms in total. The van der Waals surface area contributed by atoms with Gasteiger partial charge in [0.15, 0.2) is 5.11 Å². The zero-order valence-corrected chi connectivity index (χ0v) is 22.2. The fourth-order valence-corrected chi connectivity index (χ4v) is 5.02. The molecular weight excluding hydrogens is 482 g/mol. The molecular formula is C30H29N3OS2. The van der Waals surface area contributed by atoms with Crippen LogP contribution in [0.1, 0.15) is 27.5 Å². The summed E-state index contributed by atoms with van der Waals surface area (Å²) in [7, 11) is 0. The maximum absolute atomic E-state index is 13.5. The van der Waals surface area contributed by atoms with E-state index in [0.717, 1.165) is 38.6 Å². The van der Waals surface area contributed by atoms with Crippen LogP contribution in [0.3, 0.4) is 0 Å². The lowest BCUT2D eigenvalue weighted by Crippen LogP contribution is -2.20. The second kappa shape index (κ2) is 11.9.